The zero-order chi connectivity index (χ0) is 18.5. The van der Waals surface area contributed by atoms with Gasteiger partial charge in [-0.05, 0) is 49.2 Å². The van der Waals surface area contributed by atoms with Crippen molar-refractivity contribution in [1.82, 2.24) is 9.97 Å². The molecule has 132 valence electrons. The summed E-state index contributed by atoms with van der Waals surface area (Å²) in [5, 5.41) is 9.64. The van der Waals surface area contributed by atoms with Crippen molar-refractivity contribution in [2.75, 3.05) is 17.2 Å². The smallest absolute Gasteiger partial charge is 0.237 e. The van der Waals surface area contributed by atoms with Crippen molar-refractivity contribution in [3.63, 3.8) is 0 Å². The highest BCUT2D eigenvalue weighted by Gasteiger charge is 2.17. The second-order valence-corrected chi connectivity index (χ2v) is 7.03. The van der Waals surface area contributed by atoms with E-state index < -0.39 is 0 Å². The van der Waals surface area contributed by atoms with Gasteiger partial charge in [-0.3, -0.25) is 4.79 Å². The van der Waals surface area contributed by atoms with Crippen LogP contribution in [0, 0.1) is 25.2 Å². The van der Waals surface area contributed by atoms with Crippen LogP contribution in [0.2, 0.25) is 0 Å². The number of hydrogen-bond acceptors (Lipinski definition) is 4. The standard InChI is InChI=1S/C20H20N4OS/c1-14-8-9-16(12-15(14)2)24(11-5-10-21)19(25)13-26-20-22-17-6-3-4-7-18(17)23-20/h3-4,6-9,12H,5,11,13H2,1-2H3,(H,22,23). The minimum absolute atomic E-state index is 0.0334. The van der Waals surface area contributed by atoms with Gasteiger partial charge in [-0.1, -0.05) is 30.0 Å². The molecule has 3 aromatic rings. The molecule has 0 spiro atoms. The first kappa shape index (κ1) is 18.0. The number of H-pyrrole nitrogens is 1. The van der Waals surface area contributed by atoms with Crippen LogP contribution in [0.1, 0.15) is 17.5 Å². The number of para-hydroxylation sites is 2. The van der Waals surface area contributed by atoms with E-state index in [-0.39, 0.29) is 11.7 Å². The number of rotatable bonds is 6. The van der Waals surface area contributed by atoms with Crippen molar-refractivity contribution in [2.24, 2.45) is 0 Å². The molecule has 1 N–H and O–H groups in total. The highest BCUT2D eigenvalue weighted by molar-refractivity contribution is 7.99. The third-order valence-electron chi connectivity index (χ3n) is 4.25. The zero-order valence-electron chi connectivity index (χ0n) is 14.8. The number of fused-ring (bicyclic) bond motifs is 1. The van der Waals surface area contributed by atoms with Crippen molar-refractivity contribution in [2.45, 2.75) is 25.4 Å². The number of carbonyl (C=O) groups is 1. The first-order chi connectivity index (χ1) is 12.6. The first-order valence-electron chi connectivity index (χ1n) is 8.40. The van der Waals surface area contributed by atoms with Crippen LogP contribution in [0.15, 0.2) is 47.6 Å². The summed E-state index contributed by atoms with van der Waals surface area (Å²) >= 11 is 1.38. The van der Waals surface area contributed by atoms with Gasteiger partial charge in [0.05, 0.1) is 29.3 Å². The topological polar surface area (TPSA) is 72.8 Å². The fourth-order valence-electron chi connectivity index (χ4n) is 2.66. The van der Waals surface area contributed by atoms with Gasteiger partial charge < -0.3 is 9.88 Å². The van der Waals surface area contributed by atoms with Crippen molar-refractivity contribution in [3.8, 4) is 6.07 Å². The Hall–Kier alpha value is -2.78. The van der Waals surface area contributed by atoms with Crippen LogP contribution >= 0.6 is 11.8 Å². The Labute approximate surface area is 157 Å². The molecule has 0 radical (unpaired) electrons. The lowest BCUT2D eigenvalue weighted by Gasteiger charge is -2.22. The molecule has 1 aromatic heterocycles. The number of aryl methyl sites for hydroxylation is 2. The minimum Gasteiger partial charge on any atom is -0.333 e. The van der Waals surface area contributed by atoms with E-state index in [1.54, 1.807) is 4.90 Å². The highest BCUT2D eigenvalue weighted by Crippen LogP contribution is 2.23. The van der Waals surface area contributed by atoms with Crippen molar-refractivity contribution < 1.29 is 4.79 Å². The molecule has 0 saturated heterocycles. The Bertz CT molecular complexity index is 940. The molecule has 0 aliphatic rings. The summed E-state index contributed by atoms with van der Waals surface area (Å²) in [6.45, 7) is 4.45. The van der Waals surface area contributed by atoms with Crippen LogP contribution in [-0.4, -0.2) is 28.2 Å². The average Bonchev–Trinajstić information content (AvgIpc) is 3.06. The summed E-state index contributed by atoms with van der Waals surface area (Å²) in [5.41, 5.74) is 4.98. The summed E-state index contributed by atoms with van der Waals surface area (Å²) in [7, 11) is 0. The molecule has 3 rings (SSSR count). The Morgan fingerprint density at radius 1 is 1.23 bits per heavy atom. The molecule has 0 atom stereocenters. The third kappa shape index (κ3) is 4.06. The summed E-state index contributed by atoms with van der Waals surface area (Å²) in [6.07, 6.45) is 0.300. The zero-order valence-corrected chi connectivity index (χ0v) is 15.6. The normalized spacial score (nSPS) is 10.7. The van der Waals surface area contributed by atoms with Gasteiger partial charge in [0.25, 0.3) is 0 Å². The van der Waals surface area contributed by atoms with Gasteiger partial charge in [0.1, 0.15) is 0 Å². The first-order valence-corrected chi connectivity index (χ1v) is 9.39. The number of anilines is 1. The van der Waals surface area contributed by atoms with Gasteiger partial charge >= 0.3 is 0 Å². The maximum absolute atomic E-state index is 12.8. The molecule has 0 aliphatic heterocycles. The molecule has 1 amide bonds. The molecular weight excluding hydrogens is 344 g/mol. The lowest BCUT2D eigenvalue weighted by atomic mass is 10.1. The van der Waals surface area contributed by atoms with Gasteiger partial charge in [-0.25, -0.2) is 4.98 Å². The van der Waals surface area contributed by atoms with E-state index in [0.717, 1.165) is 27.4 Å². The maximum Gasteiger partial charge on any atom is 0.237 e. The monoisotopic (exact) mass is 364 g/mol. The molecule has 5 nitrogen and oxygen atoms in total. The Morgan fingerprint density at radius 2 is 2.04 bits per heavy atom. The molecule has 1 heterocycles. The van der Waals surface area contributed by atoms with Gasteiger partial charge in [0, 0.05) is 12.2 Å². The summed E-state index contributed by atoms with van der Waals surface area (Å²) in [6, 6.07) is 15.8. The van der Waals surface area contributed by atoms with Crippen molar-refractivity contribution in [1.29, 1.82) is 5.26 Å². The molecule has 0 fully saturated rings. The number of amides is 1. The van der Waals surface area contributed by atoms with E-state index in [1.165, 1.54) is 17.3 Å². The molecule has 26 heavy (non-hydrogen) atoms. The van der Waals surface area contributed by atoms with Crippen LogP contribution in [-0.2, 0) is 4.79 Å². The van der Waals surface area contributed by atoms with Crippen molar-refractivity contribution >= 4 is 34.4 Å². The molecule has 6 heteroatoms. The Balaban J connectivity index is 1.74. The average molecular weight is 364 g/mol. The van der Waals surface area contributed by atoms with Crippen LogP contribution < -0.4 is 4.90 Å². The fourth-order valence-corrected chi connectivity index (χ4v) is 3.42. The van der Waals surface area contributed by atoms with E-state index in [0.29, 0.717) is 13.0 Å². The van der Waals surface area contributed by atoms with Crippen molar-refractivity contribution in [3.05, 3.63) is 53.6 Å². The van der Waals surface area contributed by atoms with E-state index in [1.807, 2.05) is 56.3 Å². The number of nitrogens with one attached hydrogen (secondary N) is 1. The predicted molar refractivity (Wildman–Crippen MR) is 105 cm³/mol. The van der Waals surface area contributed by atoms with Gasteiger partial charge in [0.2, 0.25) is 5.91 Å². The van der Waals surface area contributed by atoms with Gasteiger partial charge in [-0.15, -0.1) is 0 Å². The number of nitrogens with zero attached hydrogens (tertiary/aromatic N) is 3. The minimum atomic E-state index is -0.0334. The van der Waals surface area contributed by atoms with Crippen LogP contribution in [0.5, 0.6) is 0 Å². The highest BCUT2D eigenvalue weighted by atomic mass is 32.2. The Morgan fingerprint density at radius 3 is 2.77 bits per heavy atom. The van der Waals surface area contributed by atoms with E-state index >= 15 is 0 Å². The fraction of sp³-hybridized carbons (Fsp3) is 0.250. The second kappa shape index (κ2) is 8.07. The van der Waals surface area contributed by atoms with E-state index in [4.69, 9.17) is 5.26 Å². The molecular formula is C20H20N4OS. The molecule has 0 bridgehead atoms. The SMILES string of the molecule is Cc1ccc(N(CCC#N)C(=O)CSc2nc3ccccc3[nH]2)cc1C. The number of imidazole rings is 1. The molecule has 0 aliphatic carbocycles. The van der Waals surface area contributed by atoms with Crippen LogP contribution in [0.25, 0.3) is 11.0 Å². The summed E-state index contributed by atoms with van der Waals surface area (Å²) < 4.78 is 0. The lowest BCUT2D eigenvalue weighted by Crippen LogP contribution is -2.33. The van der Waals surface area contributed by atoms with Gasteiger partial charge in [-0.2, -0.15) is 5.26 Å². The van der Waals surface area contributed by atoms with Crippen LogP contribution in [0.4, 0.5) is 5.69 Å². The third-order valence-corrected chi connectivity index (χ3v) is 5.11. The summed E-state index contributed by atoms with van der Waals surface area (Å²) in [4.78, 5) is 22.2. The number of aromatic amines is 1. The number of thioether (sulfide) groups is 1. The quantitative estimate of drug-likeness (QED) is 0.665. The number of carbonyl (C=O) groups excluding carboxylic acids is 1. The lowest BCUT2D eigenvalue weighted by molar-refractivity contribution is -0.116. The number of hydrogen-bond donors (Lipinski definition) is 1. The van der Waals surface area contributed by atoms with E-state index in [9.17, 15) is 4.79 Å². The number of aromatic nitrogens is 2. The Kier molecular flexibility index (Phi) is 5.59. The maximum atomic E-state index is 12.8. The predicted octanol–water partition coefficient (Wildman–Crippen LogP) is 4.22. The molecule has 0 unspecified atom stereocenters. The number of nitriles is 1. The van der Waals surface area contributed by atoms with E-state index in [2.05, 4.69) is 16.0 Å². The summed E-state index contributed by atoms with van der Waals surface area (Å²) in [5.74, 6) is 0.229. The second-order valence-electron chi connectivity index (χ2n) is 6.07. The largest absolute Gasteiger partial charge is 0.333 e. The van der Waals surface area contributed by atoms with Crippen LogP contribution in [0.3, 0.4) is 0 Å². The molecule has 2 aromatic carbocycles. The number of benzene rings is 2. The molecule has 0 saturated carbocycles. The van der Waals surface area contributed by atoms with Gasteiger partial charge in [0.15, 0.2) is 5.16 Å².